The Morgan fingerprint density at radius 2 is 2.45 bits per heavy atom. The molecule has 3 nitrogen and oxygen atoms in total. The molecular formula is C8H15N3. The lowest BCUT2D eigenvalue weighted by molar-refractivity contribution is 0.557. The second-order valence-corrected chi connectivity index (χ2v) is 2.70. The van der Waals surface area contributed by atoms with E-state index in [1.807, 2.05) is 6.08 Å². The third-order valence-electron chi connectivity index (χ3n) is 1.68. The molecule has 1 rings (SSSR count). The van der Waals surface area contributed by atoms with Crippen LogP contribution in [0.5, 0.6) is 0 Å². The van der Waals surface area contributed by atoms with E-state index >= 15 is 0 Å². The van der Waals surface area contributed by atoms with Crippen molar-refractivity contribution < 1.29 is 0 Å². The largest absolute Gasteiger partial charge is 0.322 e. The molecule has 1 aliphatic rings. The SMILES string of the molecule is CCCNC1C=CN=CC1N. The Morgan fingerprint density at radius 1 is 1.64 bits per heavy atom. The van der Waals surface area contributed by atoms with Gasteiger partial charge in [0.05, 0.1) is 6.04 Å². The molecule has 0 amide bonds. The summed E-state index contributed by atoms with van der Waals surface area (Å²) in [5.74, 6) is 0. The highest BCUT2D eigenvalue weighted by atomic mass is 15.0. The lowest BCUT2D eigenvalue weighted by Gasteiger charge is -2.20. The van der Waals surface area contributed by atoms with Crippen LogP contribution in [0.2, 0.25) is 0 Å². The molecule has 0 radical (unpaired) electrons. The average Bonchev–Trinajstić information content (AvgIpc) is 2.03. The van der Waals surface area contributed by atoms with E-state index in [-0.39, 0.29) is 12.1 Å². The van der Waals surface area contributed by atoms with E-state index in [0.717, 1.165) is 13.0 Å². The lowest BCUT2D eigenvalue weighted by atomic mass is 10.1. The van der Waals surface area contributed by atoms with Crippen LogP contribution in [0.4, 0.5) is 0 Å². The molecule has 62 valence electrons. The minimum absolute atomic E-state index is 0.0338. The lowest BCUT2D eigenvalue weighted by Crippen LogP contribution is -2.46. The van der Waals surface area contributed by atoms with E-state index in [1.165, 1.54) is 0 Å². The van der Waals surface area contributed by atoms with Crippen LogP contribution >= 0.6 is 0 Å². The first-order valence-corrected chi connectivity index (χ1v) is 4.03. The maximum Gasteiger partial charge on any atom is 0.0592 e. The Hall–Kier alpha value is -0.670. The van der Waals surface area contributed by atoms with Gasteiger partial charge in [0.2, 0.25) is 0 Å². The van der Waals surface area contributed by atoms with Crippen molar-refractivity contribution in [3.05, 3.63) is 12.3 Å². The number of nitrogens with two attached hydrogens (primary N) is 1. The zero-order valence-electron chi connectivity index (χ0n) is 6.83. The minimum Gasteiger partial charge on any atom is -0.322 e. The molecule has 1 aliphatic heterocycles. The molecule has 3 N–H and O–H groups in total. The standard InChI is InChI=1S/C8H15N3/c1-2-4-11-8-3-5-10-6-7(8)9/h3,5-8,11H,2,4,9H2,1H3. The van der Waals surface area contributed by atoms with Crippen molar-refractivity contribution in [2.75, 3.05) is 6.54 Å². The fourth-order valence-electron chi connectivity index (χ4n) is 1.03. The van der Waals surface area contributed by atoms with Crippen LogP contribution in [0.25, 0.3) is 0 Å². The van der Waals surface area contributed by atoms with Gasteiger partial charge in [0.25, 0.3) is 0 Å². The maximum absolute atomic E-state index is 5.76. The van der Waals surface area contributed by atoms with Crippen LogP contribution in [0.15, 0.2) is 17.3 Å². The minimum atomic E-state index is 0.0338. The topological polar surface area (TPSA) is 50.4 Å². The molecule has 3 heteroatoms. The van der Waals surface area contributed by atoms with Crippen molar-refractivity contribution in [3.63, 3.8) is 0 Å². The summed E-state index contributed by atoms with van der Waals surface area (Å²) in [6.45, 7) is 3.15. The first-order chi connectivity index (χ1) is 5.34. The van der Waals surface area contributed by atoms with Crippen molar-refractivity contribution >= 4 is 6.21 Å². The summed E-state index contributed by atoms with van der Waals surface area (Å²) in [7, 11) is 0. The summed E-state index contributed by atoms with van der Waals surface area (Å²) in [6, 6.07) is 0.305. The molecule has 0 spiro atoms. The van der Waals surface area contributed by atoms with Crippen LogP contribution in [-0.4, -0.2) is 24.8 Å². The Kier molecular flexibility index (Phi) is 3.26. The Labute approximate surface area is 67.4 Å². The summed E-state index contributed by atoms with van der Waals surface area (Å²) < 4.78 is 0. The van der Waals surface area contributed by atoms with Crippen molar-refractivity contribution in [2.24, 2.45) is 10.7 Å². The van der Waals surface area contributed by atoms with E-state index < -0.39 is 0 Å². The number of nitrogens with zero attached hydrogens (tertiary/aromatic N) is 1. The molecule has 2 atom stereocenters. The van der Waals surface area contributed by atoms with Gasteiger partial charge in [-0.25, -0.2) is 0 Å². The van der Waals surface area contributed by atoms with Crippen LogP contribution in [0, 0.1) is 0 Å². The van der Waals surface area contributed by atoms with Crippen LogP contribution < -0.4 is 11.1 Å². The van der Waals surface area contributed by atoms with E-state index in [0.29, 0.717) is 0 Å². The van der Waals surface area contributed by atoms with Crippen molar-refractivity contribution in [3.8, 4) is 0 Å². The fraction of sp³-hybridized carbons (Fsp3) is 0.625. The summed E-state index contributed by atoms with van der Waals surface area (Å²) in [5.41, 5.74) is 5.76. The first-order valence-electron chi connectivity index (χ1n) is 4.03. The number of nitrogens with one attached hydrogen (secondary N) is 1. The summed E-state index contributed by atoms with van der Waals surface area (Å²) in [6.07, 6.45) is 6.69. The Bertz CT molecular complexity index is 163. The second-order valence-electron chi connectivity index (χ2n) is 2.70. The molecular weight excluding hydrogens is 138 g/mol. The number of aliphatic imine (C=N–C) groups is 1. The summed E-state index contributed by atoms with van der Waals surface area (Å²) >= 11 is 0. The Morgan fingerprint density at radius 3 is 3.09 bits per heavy atom. The van der Waals surface area contributed by atoms with Crippen LogP contribution in [0.3, 0.4) is 0 Å². The first kappa shape index (κ1) is 8.43. The summed E-state index contributed by atoms with van der Waals surface area (Å²) in [4.78, 5) is 3.95. The van der Waals surface area contributed by atoms with Gasteiger partial charge in [-0.05, 0) is 19.0 Å². The molecule has 0 fully saturated rings. The molecule has 11 heavy (non-hydrogen) atoms. The summed E-state index contributed by atoms with van der Waals surface area (Å²) in [5, 5.41) is 3.32. The van der Waals surface area contributed by atoms with Gasteiger partial charge < -0.3 is 11.1 Å². The molecule has 0 aliphatic carbocycles. The molecule has 0 aromatic heterocycles. The molecule has 0 saturated heterocycles. The van der Waals surface area contributed by atoms with Gasteiger partial charge in [-0.3, -0.25) is 4.99 Å². The van der Waals surface area contributed by atoms with E-state index in [4.69, 9.17) is 5.73 Å². The zero-order chi connectivity index (χ0) is 8.10. The molecule has 0 aromatic carbocycles. The highest BCUT2D eigenvalue weighted by Crippen LogP contribution is 1.97. The molecule has 1 heterocycles. The van der Waals surface area contributed by atoms with Gasteiger partial charge in [-0.15, -0.1) is 0 Å². The van der Waals surface area contributed by atoms with Gasteiger partial charge in [0, 0.05) is 18.5 Å². The van der Waals surface area contributed by atoms with E-state index in [1.54, 1.807) is 12.4 Å². The van der Waals surface area contributed by atoms with E-state index in [9.17, 15) is 0 Å². The van der Waals surface area contributed by atoms with Crippen molar-refractivity contribution in [1.29, 1.82) is 0 Å². The third kappa shape index (κ3) is 2.44. The Balaban J connectivity index is 2.33. The number of hydrogen-bond acceptors (Lipinski definition) is 3. The smallest absolute Gasteiger partial charge is 0.0592 e. The average molecular weight is 153 g/mol. The van der Waals surface area contributed by atoms with Crippen LogP contribution in [-0.2, 0) is 0 Å². The van der Waals surface area contributed by atoms with E-state index in [2.05, 4.69) is 17.2 Å². The second kappa shape index (κ2) is 4.26. The number of hydrogen-bond donors (Lipinski definition) is 2. The highest BCUT2D eigenvalue weighted by molar-refractivity contribution is 5.67. The quantitative estimate of drug-likeness (QED) is 0.612. The van der Waals surface area contributed by atoms with Gasteiger partial charge in [-0.1, -0.05) is 6.92 Å². The number of rotatable bonds is 3. The predicted octanol–water partition coefficient (Wildman–Crippen LogP) is 0.280. The highest BCUT2D eigenvalue weighted by Gasteiger charge is 2.13. The van der Waals surface area contributed by atoms with Crippen molar-refractivity contribution in [1.82, 2.24) is 5.32 Å². The van der Waals surface area contributed by atoms with Gasteiger partial charge in [0.15, 0.2) is 0 Å². The fourth-order valence-corrected chi connectivity index (χ4v) is 1.03. The van der Waals surface area contributed by atoms with Gasteiger partial charge in [0.1, 0.15) is 0 Å². The predicted molar refractivity (Wildman–Crippen MR) is 47.7 cm³/mol. The van der Waals surface area contributed by atoms with Gasteiger partial charge in [-0.2, -0.15) is 0 Å². The molecule has 0 saturated carbocycles. The zero-order valence-corrected chi connectivity index (χ0v) is 6.83. The molecule has 0 aromatic rings. The third-order valence-corrected chi connectivity index (χ3v) is 1.68. The van der Waals surface area contributed by atoms with Gasteiger partial charge >= 0.3 is 0 Å². The molecule has 2 unspecified atom stereocenters. The van der Waals surface area contributed by atoms with Crippen molar-refractivity contribution in [2.45, 2.75) is 25.4 Å². The molecule has 0 bridgehead atoms. The monoisotopic (exact) mass is 153 g/mol. The normalized spacial score (nSPS) is 29.3. The van der Waals surface area contributed by atoms with Crippen LogP contribution in [0.1, 0.15) is 13.3 Å². The maximum atomic E-state index is 5.76.